The first-order chi connectivity index (χ1) is 31.6. The number of carbonyl (C=O) groups excluding carboxylic acids is 5. The van der Waals surface area contributed by atoms with Crippen LogP contribution in [0.5, 0.6) is 0 Å². The minimum absolute atomic E-state index is 0.0321. The number of benzene rings is 4. The van der Waals surface area contributed by atoms with Gasteiger partial charge in [0.05, 0.1) is 51.5 Å². The Morgan fingerprint density at radius 1 is 0.682 bits per heavy atom. The average Bonchev–Trinajstić information content (AvgIpc) is 3.29. The first-order valence-electron chi connectivity index (χ1n) is 22.0. The molecule has 1 heterocycles. The lowest BCUT2D eigenvalue weighted by Crippen LogP contribution is -2.68. The van der Waals surface area contributed by atoms with Crippen LogP contribution in [-0.4, -0.2) is 96.4 Å². The number of rotatable bonds is 22. The van der Waals surface area contributed by atoms with E-state index < -0.39 is 97.0 Å². The van der Waals surface area contributed by atoms with Crippen LogP contribution in [0.15, 0.2) is 121 Å². The summed E-state index contributed by atoms with van der Waals surface area (Å²) in [5.41, 5.74) is 2.49. The molecule has 354 valence electrons. The van der Waals surface area contributed by atoms with Crippen LogP contribution in [0.2, 0.25) is 0 Å². The first-order valence-corrected chi connectivity index (χ1v) is 22.0. The number of carbonyl (C=O) groups is 5. The number of alkyl carbamates (subject to hydrolysis) is 1. The molecule has 66 heavy (non-hydrogen) atoms. The molecule has 0 radical (unpaired) electrons. The van der Waals surface area contributed by atoms with E-state index in [0.717, 1.165) is 16.7 Å². The van der Waals surface area contributed by atoms with Crippen molar-refractivity contribution in [1.29, 1.82) is 0 Å². The Kier molecular flexibility index (Phi) is 19.8. The van der Waals surface area contributed by atoms with Crippen molar-refractivity contribution in [3.8, 4) is 0 Å². The minimum Gasteiger partial charge on any atom is -0.461 e. The van der Waals surface area contributed by atoms with Gasteiger partial charge in [0, 0.05) is 0 Å². The van der Waals surface area contributed by atoms with Crippen LogP contribution in [0.25, 0.3) is 0 Å². The molecule has 0 aliphatic carbocycles. The number of esters is 1. The molecule has 1 fully saturated rings. The Balaban J connectivity index is 1.37. The maximum Gasteiger partial charge on any atom is 0.414 e. The van der Waals surface area contributed by atoms with E-state index in [4.69, 9.17) is 28.4 Å². The molecule has 1 aliphatic rings. The zero-order chi connectivity index (χ0) is 47.5. The fraction of sp³-hybridized carbons (Fsp3) is 0.420. The molecule has 4 aromatic rings. The quantitative estimate of drug-likeness (QED) is 0.0669. The van der Waals surface area contributed by atoms with Gasteiger partial charge in [0.15, 0.2) is 6.29 Å². The van der Waals surface area contributed by atoms with Crippen molar-refractivity contribution in [2.75, 3.05) is 13.2 Å². The van der Waals surface area contributed by atoms with Gasteiger partial charge in [0.1, 0.15) is 36.6 Å². The highest BCUT2D eigenvalue weighted by Gasteiger charge is 2.49. The van der Waals surface area contributed by atoms with E-state index in [1.54, 1.807) is 58.9 Å². The summed E-state index contributed by atoms with van der Waals surface area (Å²) in [6.07, 6.45) is -5.77. The fourth-order valence-electron chi connectivity index (χ4n) is 7.00. The Morgan fingerprint density at radius 3 is 1.70 bits per heavy atom. The van der Waals surface area contributed by atoms with Gasteiger partial charge in [-0.05, 0) is 48.9 Å². The Labute approximate surface area is 386 Å². The molecule has 16 heteroatoms. The van der Waals surface area contributed by atoms with Crippen LogP contribution in [0, 0.1) is 5.92 Å². The van der Waals surface area contributed by atoms with Crippen LogP contribution in [0.1, 0.15) is 63.3 Å². The second-order valence-electron chi connectivity index (χ2n) is 17.2. The van der Waals surface area contributed by atoms with E-state index in [1.807, 2.05) is 102 Å². The summed E-state index contributed by atoms with van der Waals surface area (Å²) in [6.45, 7) is 8.23. The van der Waals surface area contributed by atoms with E-state index in [0.29, 0.717) is 5.56 Å². The van der Waals surface area contributed by atoms with Crippen molar-refractivity contribution in [3.05, 3.63) is 144 Å². The summed E-state index contributed by atoms with van der Waals surface area (Å²) in [5, 5.41) is 22.2. The summed E-state index contributed by atoms with van der Waals surface area (Å²) in [5.74, 6) is -3.80. The number of aliphatic hydroxyl groups excluding tert-OH is 1. The number of aliphatic hydroxyl groups is 1. The van der Waals surface area contributed by atoms with Crippen LogP contribution < -0.4 is 21.3 Å². The van der Waals surface area contributed by atoms with E-state index in [-0.39, 0.29) is 33.0 Å². The predicted octanol–water partition coefficient (Wildman–Crippen LogP) is 4.86. The zero-order valence-corrected chi connectivity index (χ0v) is 38.1. The van der Waals surface area contributed by atoms with Crippen molar-refractivity contribution < 1.29 is 57.5 Å². The minimum atomic E-state index is -1.54. The van der Waals surface area contributed by atoms with Gasteiger partial charge in [0.25, 0.3) is 0 Å². The maximum absolute atomic E-state index is 14.4. The number of imide groups is 1. The van der Waals surface area contributed by atoms with Crippen molar-refractivity contribution >= 4 is 29.8 Å². The summed E-state index contributed by atoms with van der Waals surface area (Å²) in [4.78, 5) is 66.1. The van der Waals surface area contributed by atoms with Gasteiger partial charge in [-0.15, -0.1) is 0 Å². The topological polar surface area (TPSA) is 209 Å². The molecule has 0 bridgehead atoms. The highest BCUT2D eigenvalue weighted by molar-refractivity contribution is 5.97. The second-order valence-corrected chi connectivity index (χ2v) is 17.2. The van der Waals surface area contributed by atoms with Gasteiger partial charge in [0.2, 0.25) is 17.7 Å². The van der Waals surface area contributed by atoms with Gasteiger partial charge in [-0.1, -0.05) is 135 Å². The van der Waals surface area contributed by atoms with E-state index in [9.17, 15) is 29.1 Å². The fourth-order valence-corrected chi connectivity index (χ4v) is 7.00. The van der Waals surface area contributed by atoms with Crippen LogP contribution in [0.4, 0.5) is 4.79 Å². The van der Waals surface area contributed by atoms with Crippen LogP contribution in [0.3, 0.4) is 0 Å². The second kappa shape index (κ2) is 25.6. The van der Waals surface area contributed by atoms with Crippen molar-refractivity contribution in [2.24, 2.45) is 5.92 Å². The van der Waals surface area contributed by atoms with Crippen LogP contribution >= 0.6 is 0 Å². The van der Waals surface area contributed by atoms with Gasteiger partial charge in [-0.3, -0.25) is 29.8 Å². The Morgan fingerprint density at radius 2 is 1.18 bits per heavy atom. The number of ether oxygens (including phenoxy) is 6. The highest BCUT2D eigenvalue weighted by atomic mass is 16.7. The molecule has 5 N–H and O–H groups in total. The van der Waals surface area contributed by atoms with Gasteiger partial charge in [-0.25, -0.2) is 4.79 Å². The molecule has 7 atom stereocenters. The van der Waals surface area contributed by atoms with Gasteiger partial charge < -0.3 is 44.2 Å². The molecule has 0 aromatic heterocycles. The molecule has 0 spiro atoms. The maximum atomic E-state index is 14.4. The molecular formula is C50H62N4O12. The lowest BCUT2D eigenvalue weighted by molar-refractivity contribution is -0.279. The zero-order valence-electron chi connectivity index (χ0n) is 38.1. The summed E-state index contributed by atoms with van der Waals surface area (Å²) in [7, 11) is 0. The molecule has 5 rings (SSSR count). The summed E-state index contributed by atoms with van der Waals surface area (Å²) in [6, 6.07) is 33.8. The average molecular weight is 911 g/mol. The normalized spacial score (nSPS) is 19.2. The molecule has 0 unspecified atom stereocenters. The summed E-state index contributed by atoms with van der Waals surface area (Å²) >= 11 is 0. The smallest absolute Gasteiger partial charge is 0.414 e. The van der Waals surface area contributed by atoms with E-state index in [2.05, 4.69) is 16.0 Å². The molecule has 0 saturated carbocycles. The van der Waals surface area contributed by atoms with Crippen LogP contribution in [-0.2, 0) is 74.0 Å². The molecular weight excluding hydrogens is 849 g/mol. The number of hydrogen-bond acceptors (Lipinski definition) is 13. The third-order valence-electron chi connectivity index (χ3n) is 10.3. The Hall–Kier alpha value is -6.01. The molecule has 1 saturated heterocycles. The Bertz CT molecular complexity index is 2120. The first kappa shape index (κ1) is 51.0. The molecule has 16 nitrogen and oxygen atoms in total. The van der Waals surface area contributed by atoms with E-state index in [1.165, 1.54) is 0 Å². The van der Waals surface area contributed by atoms with E-state index >= 15 is 0 Å². The summed E-state index contributed by atoms with van der Waals surface area (Å²) < 4.78 is 36.2. The number of nitrogens with one attached hydrogen (secondary N) is 4. The van der Waals surface area contributed by atoms with Crippen molar-refractivity contribution in [2.45, 2.75) is 116 Å². The third kappa shape index (κ3) is 17.1. The molecule has 1 aliphatic heterocycles. The lowest BCUT2D eigenvalue weighted by atomic mass is 9.93. The molecule has 4 aromatic carbocycles. The largest absolute Gasteiger partial charge is 0.461 e. The number of amides is 4. The van der Waals surface area contributed by atoms with Crippen molar-refractivity contribution in [3.63, 3.8) is 0 Å². The third-order valence-corrected chi connectivity index (χ3v) is 10.3. The molecule has 4 amide bonds. The van der Waals surface area contributed by atoms with Gasteiger partial charge in [-0.2, -0.15) is 0 Å². The lowest BCUT2D eigenvalue weighted by Gasteiger charge is -2.46. The number of hydrogen-bond donors (Lipinski definition) is 5. The van der Waals surface area contributed by atoms with Crippen molar-refractivity contribution in [1.82, 2.24) is 21.3 Å². The SMILES string of the molecule is CC(C)[C@H](N[C@@H]1[C@@H](OCc2ccccc2)[C@H](OCc2ccccc2)[C@@H](COCc2ccccc2)O[C@@H]1O)C(=O)N[C@@H](CC(=O)OCc1ccccc1)C(=O)NCC(=O)NC(=O)OC(C)(C)C. The highest BCUT2D eigenvalue weighted by Crippen LogP contribution is 2.29. The van der Waals surface area contributed by atoms with Gasteiger partial charge >= 0.3 is 12.1 Å². The predicted molar refractivity (Wildman–Crippen MR) is 243 cm³/mol. The monoisotopic (exact) mass is 910 g/mol. The standard InChI is InChI=1S/C50H62N4O12/c1-33(2)42(47(58)52-38(26-41(56)62-29-35-20-12-7-13-21-35)46(57)51-27-40(55)53-49(60)66-50(3,4)5)54-43-45(64-31-37-24-16-9-17-25-37)44(63-30-36-22-14-8-15-23-36)39(65-48(43)59)32-61-28-34-18-10-6-11-19-34/h6-25,33,38-39,42-45,48,54,59H,26-32H2,1-5H3,(H,51,57)(H,52,58)(H,53,55,60)/t38-,39+,42-,43+,44+,45+,48-/m0/s1.